The number of benzene rings is 1. The molecule has 0 aliphatic carbocycles. The number of ether oxygens (including phenoxy) is 3. The summed E-state index contributed by atoms with van der Waals surface area (Å²) in [4.78, 5) is 23.2. The molecule has 6 heteroatoms. The van der Waals surface area contributed by atoms with Gasteiger partial charge in [0, 0.05) is 44.1 Å². The van der Waals surface area contributed by atoms with Crippen LogP contribution in [0.4, 0.5) is 0 Å². The third-order valence-electron chi connectivity index (χ3n) is 4.12. The molecule has 1 heterocycles. The zero-order valence-corrected chi connectivity index (χ0v) is 17.7. The SMILES string of the molecule is CC[C@]1(COC(=O)c2ccccc2)O[CH-][C@H](OC(C)=O)[C@H]1C.[U]. The van der Waals surface area contributed by atoms with Crippen LogP contribution in [0.15, 0.2) is 30.3 Å². The summed E-state index contributed by atoms with van der Waals surface area (Å²) in [6.07, 6.45) is 0.220. The van der Waals surface area contributed by atoms with Gasteiger partial charge in [0.2, 0.25) is 0 Å². The maximum absolute atomic E-state index is 12.1. The molecule has 0 radical (unpaired) electrons. The molecule has 0 bridgehead atoms. The van der Waals surface area contributed by atoms with E-state index in [4.69, 9.17) is 14.2 Å². The number of esters is 2. The molecule has 2 rings (SSSR count). The molecule has 5 nitrogen and oxygen atoms in total. The Morgan fingerprint density at radius 2 is 1.96 bits per heavy atom. The van der Waals surface area contributed by atoms with Gasteiger partial charge < -0.3 is 14.2 Å². The minimum atomic E-state index is -0.662. The minimum Gasteiger partial charge on any atom is -0.541 e. The molecule has 0 spiro atoms. The zero-order valence-electron chi connectivity index (χ0n) is 13.6. The van der Waals surface area contributed by atoms with Crippen LogP contribution in [0, 0.1) is 43.6 Å². The van der Waals surface area contributed by atoms with Gasteiger partial charge in [-0.15, -0.1) is 0 Å². The van der Waals surface area contributed by atoms with Gasteiger partial charge in [-0.05, 0) is 24.5 Å². The molecule has 0 saturated carbocycles. The maximum atomic E-state index is 12.1. The molecule has 1 aliphatic rings. The Kier molecular flexibility index (Phi) is 7.79. The fourth-order valence-corrected chi connectivity index (χ4v) is 2.57. The third-order valence-corrected chi connectivity index (χ3v) is 4.12. The van der Waals surface area contributed by atoms with E-state index >= 15 is 0 Å². The van der Waals surface area contributed by atoms with Crippen molar-refractivity contribution in [2.45, 2.75) is 38.9 Å². The van der Waals surface area contributed by atoms with Crippen molar-refractivity contribution in [3.63, 3.8) is 0 Å². The Hall–Kier alpha value is -0.828. The van der Waals surface area contributed by atoms with Crippen LogP contribution in [0.2, 0.25) is 0 Å². The molecule has 1 saturated heterocycles. The molecule has 23 heavy (non-hydrogen) atoms. The largest absolute Gasteiger partial charge is 0.541 e. The first-order valence-electron chi connectivity index (χ1n) is 7.39. The molecule has 0 unspecified atom stereocenters. The quantitative estimate of drug-likeness (QED) is 0.423. The van der Waals surface area contributed by atoms with Gasteiger partial charge in [0.05, 0.1) is 11.2 Å². The van der Waals surface area contributed by atoms with E-state index in [1.54, 1.807) is 24.3 Å². The summed E-state index contributed by atoms with van der Waals surface area (Å²) in [5.41, 5.74) is -0.162. The fourth-order valence-electron chi connectivity index (χ4n) is 2.57. The van der Waals surface area contributed by atoms with Crippen molar-refractivity contribution in [2.75, 3.05) is 6.61 Å². The number of hydrogen-bond donors (Lipinski definition) is 0. The molecule has 124 valence electrons. The summed E-state index contributed by atoms with van der Waals surface area (Å²) in [5, 5.41) is 0. The van der Waals surface area contributed by atoms with Crippen LogP contribution in [0.1, 0.15) is 37.6 Å². The van der Waals surface area contributed by atoms with Gasteiger partial charge in [-0.3, -0.25) is 4.79 Å². The van der Waals surface area contributed by atoms with Gasteiger partial charge in [-0.1, -0.05) is 32.0 Å². The van der Waals surface area contributed by atoms with E-state index in [1.807, 2.05) is 19.9 Å². The summed E-state index contributed by atoms with van der Waals surface area (Å²) in [6.45, 7) is 6.88. The number of carbonyl (C=O) groups excluding carboxylic acids is 2. The average Bonchev–Trinajstić information content (AvgIpc) is 2.83. The molecule has 1 aliphatic heterocycles. The van der Waals surface area contributed by atoms with Gasteiger partial charge in [0.15, 0.2) is 0 Å². The van der Waals surface area contributed by atoms with Gasteiger partial charge in [-0.2, -0.15) is 6.61 Å². The predicted molar refractivity (Wildman–Crippen MR) is 79.8 cm³/mol. The monoisotopic (exact) mass is 543 g/mol. The Morgan fingerprint density at radius 3 is 2.52 bits per heavy atom. The Morgan fingerprint density at radius 1 is 1.30 bits per heavy atom. The standard InChI is InChI=1S/C17H21O5.U/c1-4-17(12(2)15(10-21-17)22-13(3)18)11-20-16(19)14-8-6-5-7-9-14;/h5-10,12,15H,4,11H2,1-3H3;/q-1;/t12-,15+,17-;/m1./s1. The Balaban J connectivity index is 0.00000264. The molecule has 3 atom stereocenters. The van der Waals surface area contributed by atoms with E-state index in [0.717, 1.165) is 0 Å². The van der Waals surface area contributed by atoms with E-state index < -0.39 is 11.7 Å². The van der Waals surface area contributed by atoms with Gasteiger partial charge >= 0.3 is 5.97 Å². The fraction of sp³-hybridized carbons (Fsp3) is 0.471. The van der Waals surface area contributed by atoms with E-state index in [1.165, 1.54) is 13.5 Å². The smallest absolute Gasteiger partial charge is 0.338 e. The molecule has 1 fully saturated rings. The molecule has 0 aromatic heterocycles. The van der Waals surface area contributed by atoms with Crippen molar-refractivity contribution >= 4 is 11.9 Å². The number of carbonyl (C=O) groups is 2. The van der Waals surface area contributed by atoms with Crippen LogP contribution in [0.3, 0.4) is 0 Å². The van der Waals surface area contributed by atoms with E-state index in [2.05, 4.69) is 0 Å². The zero-order chi connectivity index (χ0) is 16.2. The van der Waals surface area contributed by atoms with Crippen LogP contribution >= 0.6 is 0 Å². The van der Waals surface area contributed by atoms with Crippen LogP contribution < -0.4 is 0 Å². The summed E-state index contributed by atoms with van der Waals surface area (Å²) >= 11 is 0. The normalized spacial score (nSPS) is 26.2. The second-order valence-corrected chi connectivity index (χ2v) is 5.48. The molecule has 0 amide bonds. The minimum absolute atomic E-state index is 0. The average molecular weight is 543 g/mol. The van der Waals surface area contributed by atoms with Crippen molar-refractivity contribution in [2.24, 2.45) is 5.92 Å². The molecular weight excluding hydrogens is 522 g/mol. The summed E-state index contributed by atoms with van der Waals surface area (Å²) in [6, 6.07) is 8.81. The first kappa shape index (κ1) is 20.2. The molecule has 0 N–H and O–H groups in total. The first-order chi connectivity index (χ1) is 10.5. The van der Waals surface area contributed by atoms with Crippen molar-refractivity contribution < 1.29 is 54.9 Å². The van der Waals surface area contributed by atoms with Crippen molar-refractivity contribution in [3.05, 3.63) is 42.5 Å². The topological polar surface area (TPSA) is 61.8 Å². The van der Waals surface area contributed by atoms with Crippen molar-refractivity contribution in [1.29, 1.82) is 0 Å². The maximum Gasteiger partial charge on any atom is 0.338 e. The second-order valence-electron chi connectivity index (χ2n) is 5.48. The third kappa shape index (κ3) is 4.82. The molecule has 1 aromatic carbocycles. The van der Waals surface area contributed by atoms with Crippen molar-refractivity contribution in [1.82, 2.24) is 0 Å². The van der Waals surface area contributed by atoms with Gasteiger partial charge in [0.25, 0.3) is 5.97 Å². The summed E-state index contributed by atoms with van der Waals surface area (Å²) in [5.74, 6) is -0.838. The van der Waals surface area contributed by atoms with E-state index in [0.29, 0.717) is 12.0 Å². The summed E-state index contributed by atoms with van der Waals surface area (Å²) < 4.78 is 16.3. The number of hydrogen-bond acceptors (Lipinski definition) is 5. The van der Waals surface area contributed by atoms with E-state index in [9.17, 15) is 9.59 Å². The van der Waals surface area contributed by atoms with Crippen LogP contribution in [-0.4, -0.2) is 30.3 Å². The molecule has 1 aromatic rings. The van der Waals surface area contributed by atoms with Crippen LogP contribution in [-0.2, 0) is 19.0 Å². The van der Waals surface area contributed by atoms with E-state index in [-0.39, 0.29) is 55.6 Å². The van der Waals surface area contributed by atoms with Gasteiger partial charge in [0.1, 0.15) is 6.61 Å². The summed E-state index contributed by atoms with van der Waals surface area (Å²) in [7, 11) is 0. The second kappa shape index (κ2) is 8.87. The molecular formula is C17H21O5U-. The Labute approximate surface area is 160 Å². The van der Waals surface area contributed by atoms with Crippen LogP contribution in [0.25, 0.3) is 0 Å². The van der Waals surface area contributed by atoms with Gasteiger partial charge in [-0.25, -0.2) is 4.79 Å². The predicted octanol–water partition coefficient (Wildman–Crippen LogP) is 2.75. The Bertz CT molecular complexity index is 533. The number of rotatable bonds is 5. The van der Waals surface area contributed by atoms with Crippen LogP contribution in [0.5, 0.6) is 0 Å². The first-order valence-corrected chi connectivity index (χ1v) is 7.39. The van der Waals surface area contributed by atoms with Crippen molar-refractivity contribution in [3.8, 4) is 0 Å².